The highest BCUT2D eigenvalue weighted by atomic mass is 16.1. The summed E-state index contributed by atoms with van der Waals surface area (Å²) >= 11 is 0. The maximum Gasteiger partial charge on any atom is 0.158 e. The molecule has 2 nitrogen and oxygen atoms in total. The fraction of sp³-hybridized carbons (Fsp3) is 0.250. The minimum absolute atomic E-state index is 0.000962. The van der Waals surface area contributed by atoms with Gasteiger partial charge in [-0.25, -0.2) is 0 Å². The Kier molecular flexibility index (Phi) is 5.78. The van der Waals surface area contributed by atoms with Gasteiger partial charge in [0.25, 0.3) is 0 Å². The number of hydrogen-bond acceptors (Lipinski definition) is 2. The number of rotatable bonds is 6. The Balaban J connectivity index is 2.52. The first-order chi connectivity index (χ1) is 8.63. The van der Waals surface area contributed by atoms with Gasteiger partial charge in [-0.05, 0) is 24.6 Å². The molecule has 0 saturated carbocycles. The zero-order valence-electron chi connectivity index (χ0n) is 10.8. The summed E-state index contributed by atoms with van der Waals surface area (Å²) in [6.45, 7) is 3.57. The molecule has 1 rings (SSSR count). The highest BCUT2D eigenvalue weighted by Crippen LogP contribution is 2.08. The van der Waals surface area contributed by atoms with Crippen molar-refractivity contribution in [3.05, 3.63) is 54.1 Å². The molecule has 1 aromatic carbocycles. The highest BCUT2D eigenvalue weighted by Gasteiger charge is 2.12. The molecule has 0 aliphatic carbocycles. The van der Waals surface area contributed by atoms with E-state index < -0.39 is 0 Å². The van der Waals surface area contributed by atoms with Crippen molar-refractivity contribution in [2.24, 2.45) is 5.92 Å². The molecule has 0 saturated heterocycles. The normalized spacial score (nSPS) is 13.0. The molecule has 0 amide bonds. The van der Waals surface area contributed by atoms with Crippen LogP contribution < -0.4 is 0 Å². The van der Waals surface area contributed by atoms with E-state index in [4.69, 9.17) is 0 Å². The average molecular weight is 242 g/mol. The van der Waals surface area contributed by atoms with Crippen LogP contribution in [-0.4, -0.2) is 11.6 Å². The molecule has 1 unspecified atom stereocenters. The van der Waals surface area contributed by atoms with Crippen molar-refractivity contribution < 1.29 is 9.59 Å². The first-order valence-electron chi connectivity index (χ1n) is 6.06. The van der Waals surface area contributed by atoms with E-state index in [1.165, 1.54) is 12.2 Å². The van der Waals surface area contributed by atoms with Crippen LogP contribution in [0.3, 0.4) is 0 Å². The second-order valence-electron chi connectivity index (χ2n) is 4.22. The van der Waals surface area contributed by atoms with Crippen LogP contribution in [-0.2, 0) is 9.59 Å². The zero-order valence-corrected chi connectivity index (χ0v) is 10.8. The summed E-state index contributed by atoms with van der Waals surface area (Å²) < 4.78 is 0. The van der Waals surface area contributed by atoms with Crippen LogP contribution in [0.4, 0.5) is 0 Å². The van der Waals surface area contributed by atoms with Crippen LogP contribution in [0.1, 0.15) is 25.8 Å². The monoisotopic (exact) mass is 242 g/mol. The third-order valence-electron chi connectivity index (χ3n) is 2.59. The second kappa shape index (κ2) is 7.38. The molecule has 0 N–H and O–H groups in total. The molecule has 18 heavy (non-hydrogen) atoms. The molecule has 0 radical (unpaired) electrons. The number of carbonyl (C=O) groups excluding carboxylic acids is 2. The standard InChI is InChI=1S/C16H18O2/c1-3-7-16(18)13(2)12-15(17)11-10-14-8-5-4-6-9-14/h3-11,13H,12H2,1-2H3. The molecular formula is C16H18O2. The van der Waals surface area contributed by atoms with Crippen molar-refractivity contribution in [2.75, 3.05) is 0 Å². The predicted molar refractivity (Wildman–Crippen MR) is 74.1 cm³/mol. The van der Waals surface area contributed by atoms with Crippen LogP contribution in [0.5, 0.6) is 0 Å². The van der Waals surface area contributed by atoms with Gasteiger partial charge in [0.2, 0.25) is 0 Å². The summed E-state index contributed by atoms with van der Waals surface area (Å²) in [7, 11) is 0. The van der Waals surface area contributed by atoms with E-state index in [-0.39, 0.29) is 23.9 Å². The summed E-state index contributed by atoms with van der Waals surface area (Å²) in [5, 5.41) is 0. The minimum Gasteiger partial charge on any atom is -0.295 e. The van der Waals surface area contributed by atoms with Crippen molar-refractivity contribution in [1.29, 1.82) is 0 Å². The fourth-order valence-corrected chi connectivity index (χ4v) is 1.55. The molecule has 0 aliphatic heterocycles. The van der Waals surface area contributed by atoms with Crippen molar-refractivity contribution in [2.45, 2.75) is 20.3 Å². The Morgan fingerprint density at radius 3 is 2.44 bits per heavy atom. The van der Waals surface area contributed by atoms with Gasteiger partial charge in [0.1, 0.15) is 0 Å². The van der Waals surface area contributed by atoms with Crippen LogP contribution in [0.2, 0.25) is 0 Å². The SMILES string of the molecule is CC=CC(=O)C(C)CC(=O)C=Cc1ccccc1. The average Bonchev–Trinajstić information content (AvgIpc) is 2.38. The molecule has 2 heteroatoms. The van der Waals surface area contributed by atoms with Gasteiger partial charge in [0.15, 0.2) is 11.6 Å². The molecule has 0 aromatic heterocycles. The minimum atomic E-state index is -0.255. The number of benzene rings is 1. The van der Waals surface area contributed by atoms with Crippen LogP contribution in [0, 0.1) is 5.92 Å². The van der Waals surface area contributed by atoms with Crippen molar-refractivity contribution in [3.8, 4) is 0 Å². The first-order valence-corrected chi connectivity index (χ1v) is 6.06. The van der Waals surface area contributed by atoms with E-state index in [0.29, 0.717) is 0 Å². The van der Waals surface area contributed by atoms with E-state index in [9.17, 15) is 9.59 Å². The smallest absolute Gasteiger partial charge is 0.158 e. The van der Waals surface area contributed by atoms with Gasteiger partial charge in [-0.1, -0.05) is 49.4 Å². The quantitative estimate of drug-likeness (QED) is 0.716. The number of carbonyl (C=O) groups is 2. The van der Waals surface area contributed by atoms with Gasteiger partial charge in [-0.15, -0.1) is 0 Å². The summed E-state index contributed by atoms with van der Waals surface area (Å²) in [5.74, 6) is -0.280. The van der Waals surface area contributed by atoms with Crippen molar-refractivity contribution >= 4 is 17.6 Å². The molecule has 0 heterocycles. The van der Waals surface area contributed by atoms with Gasteiger partial charge in [0, 0.05) is 12.3 Å². The van der Waals surface area contributed by atoms with Crippen molar-refractivity contribution in [3.63, 3.8) is 0 Å². The molecule has 0 aliphatic rings. The maximum atomic E-state index is 11.7. The third-order valence-corrected chi connectivity index (χ3v) is 2.59. The third kappa shape index (κ3) is 4.91. The van der Waals surface area contributed by atoms with Crippen LogP contribution in [0.15, 0.2) is 48.6 Å². The first kappa shape index (κ1) is 14.1. The summed E-state index contributed by atoms with van der Waals surface area (Å²) in [6.07, 6.45) is 6.78. The Bertz CT molecular complexity index is 455. The van der Waals surface area contributed by atoms with E-state index in [1.54, 1.807) is 26.0 Å². The zero-order chi connectivity index (χ0) is 13.4. The number of ketones is 2. The van der Waals surface area contributed by atoms with E-state index >= 15 is 0 Å². The Hall–Kier alpha value is -1.96. The van der Waals surface area contributed by atoms with E-state index in [2.05, 4.69) is 0 Å². The Morgan fingerprint density at radius 2 is 1.83 bits per heavy atom. The molecule has 94 valence electrons. The topological polar surface area (TPSA) is 34.1 Å². The summed E-state index contributed by atoms with van der Waals surface area (Å²) in [5.41, 5.74) is 0.985. The molecule has 1 atom stereocenters. The number of allylic oxidation sites excluding steroid dienone is 3. The summed E-state index contributed by atoms with van der Waals surface area (Å²) in [6, 6.07) is 9.62. The van der Waals surface area contributed by atoms with Crippen LogP contribution >= 0.6 is 0 Å². The lowest BCUT2D eigenvalue weighted by molar-refractivity contribution is -0.122. The number of hydrogen-bond donors (Lipinski definition) is 0. The predicted octanol–water partition coefficient (Wildman–Crippen LogP) is 3.44. The molecule has 0 spiro atoms. The lowest BCUT2D eigenvalue weighted by atomic mass is 9.99. The largest absolute Gasteiger partial charge is 0.295 e. The lowest BCUT2D eigenvalue weighted by Gasteiger charge is -2.03. The lowest BCUT2D eigenvalue weighted by Crippen LogP contribution is -2.11. The van der Waals surface area contributed by atoms with Gasteiger partial charge in [0.05, 0.1) is 0 Å². The summed E-state index contributed by atoms with van der Waals surface area (Å²) in [4.78, 5) is 23.2. The highest BCUT2D eigenvalue weighted by molar-refractivity contribution is 5.99. The van der Waals surface area contributed by atoms with E-state index in [1.807, 2.05) is 30.3 Å². The van der Waals surface area contributed by atoms with Gasteiger partial charge in [-0.3, -0.25) is 9.59 Å². The van der Waals surface area contributed by atoms with Crippen LogP contribution in [0.25, 0.3) is 6.08 Å². The molecule has 0 fully saturated rings. The van der Waals surface area contributed by atoms with Gasteiger partial charge < -0.3 is 0 Å². The fourth-order valence-electron chi connectivity index (χ4n) is 1.55. The molecule has 1 aromatic rings. The Labute approximate surface area is 108 Å². The van der Waals surface area contributed by atoms with Gasteiger partial charge in [-0.2, -0.15) is 0 Å². The van der Waals surface area contributed by atoms with Crippen molar-refractivity contribution in [1.82, 2.24) is 0 Å². The molecule has 0 bridgehead atoms. The second-order valence-corrected chi connectivity index (χ2v) is 4.22. The maximum absolute atomic E-state index is 11.7. The van der Waals surface area contributed by atoms with E-state index in [0.717, 1.165) is 5.56 Å². The molecular weight excluding hydrogens is 224 g/mol. The van der Waals surface area contributed by atoms with Gasteiger partial charge >= 0.3 is 0 Å². The Morgan fingerprint density at radius 1 is 1.17 bits per heavy atom.